The second-order valence-corrected chi connectivity index (χ2v) is 6.24. The minimum absolute atomic E-state index is 0. The summed E-state index contributed by atoms with van der Waals surface area (Å²) >= 11 is 0. The highest BCUT2D eigenvalue weighted by molar-refractivity contribution is 5.91. The summed E-state index contributed by atoms with van der Waals surface area (Å²) in [6.07, 6.45) is -0.612. The number of hydrogen-bond acceptors (Lipinski definition) is 3. The number of benzene rings is 2. The van der Waals surface area contributed by atoms with Gasteiger partial charge in [-0.3, -0.25) is 0 Å². The van der Waals surface area contributed by atoms with E-state index in [1.54, 1.807) is 7.11 Å². The van der Waals surface area contributed by atoms with Gasteiger partial charge in [-0.15, -0.1) is 12.4 Å². The maximum Gasteiger partial charge on any atom is 0.126 e. The molecule has 0 unspecified atom stereocenters. The molecule has 3 nitrogen and oxygen atoms in total. The van der Waals surface area contributed by atoms with Gasteiger partial charge in [-0.25, -0.2) is 0 Å². The molecule has 116 valence electrons. The Morgan fingerprint density at radius 2 is 1.62 bits per heavy atom. The largest absolute Gasteiger partial charge is 0.496 e. The van der Waals surface area contributed by atoms with Crippen molar-refractivity contribution in [3.8, 4) is 5.75 Å². The summed E-state index contributed by atoms with van der Waals surface area (Å²) in [7, 11) is 1.66. The molecule has 2 rings (SSSR count). The average molecular weight is 310 g/mol. The maximum atomic E-state index is 10.4. The Labute approximate surface area is 132 Å². The number of rotatable bonds is 3. The van der Waals surface area contributed by atoms with Crippen LogP contribution in [0.4, 0.5) is 0 Å². The summed E-state index contributed by atoms with van der Waals surface area (Å²) in [5.74, 6) is 0.821. The van der Waals surface area contributed by atoms with Gasteiger partial charge in [0.15, 0.2) is 0 Å². The fourth-order valence-corrected chi connectivity index (χ4v) is 2.47. The van der Waals surface area contributed by atoms with E-state index in [2.05, 4.69) is 0 Å². The zero-order valence-electron chi connectivity index (χ0n) is 13.0. The topological polar surface area (TPSA) is 55.5 Å². The molecule has 0 saturated carbocycles. The quantitative estimate of drug-likeness (QED) is 0.909. The van der Waals surface area contributed by atoms with Crippen molar-refractivity contribution < 1.29 is 9.84 Å². The van der Waals surface area contributed by atoms with E-state index in [1.807, 2.05) is 57.2 Å². The van der Waals surface area contributed by atoms with E-state index in [0.29, 0.717) is 0 Å². The molecular weight excluding hydrogens is 286 g/mol. The number of halogens is 1. The van der Waals surface area contributed by atoms with E-state index in [1.165, 1.54) is 0 Å². The summed E-state index contributed by atoms with van der Waals surface area (Å²) in [6, 6.07) is 11.4. The van der Waals surface area contributed by atoms with Gasteiger partial charge in [-0.2, -0.15) is 0 Å². The monoisotopic (exact) mass is 309 g/mol. The van der Waals surface area contributed by atoms with Gasteiger partial charge in [0.25, 0.3) is 0 Å². The Kier molecular flexibility index (Phi) is 5.62. The van der Waals surface area contributed by atoms with Crippen LogP contribution in [0.5, 0.6) is 5.75 Å². The van der Waals surface area contributed by atoms with Crippen molar-refractivity contribution in [2.75, 3.05) is 7.11 Å². The van der Waals surface area contributed by atoms with Crippen LogP contribution in [0.3, 0.4) is 0 Å². The zero-order valence-corrected chi connectivity index (χ0v) is 13.8. The van der Waals surface area contributed by atoms with Crippen LogP contribution in [-0.4, -0.2) is 18.3 Å². The van der Waals surface area contributed by atoms with Crippen molar-refractivity contribution in [2.24, 2.45) is 11.1 Å². The molecule has 0 aliphatic rings. The van der Waals surface area contributed by atoms with Gasteiger partial charge in [0.05, 0.1) is 19.3 Å². The average Bonchev–Trinajstić information content (AvgIpc) is 2.43. The molecule has 2 aromatic rings. The molecule has 21 heavy (non-hydrogen) atoms. The van der Waals surface area contributed by atoms with Gasteiger partial charge in [0.2, 0.25) is 0 Å². The van der Waals surface area contributed by atoms with Crippen molar-refractivity contribution in [2.45, 2.75) is 32.9 Å². The van der Waals surface area contributed by atoms with Crippen LogP contribution < -0.4 is 10.5 Å². The van der Waals surface area contributed by atoms with Gasteiger partial charge < -0.3 is 15.6 Å². The predicted octanol–water partition coefficient (Wildman–Crippen LogP) is 3.68. The standard InChI is InChI=1S/C17H23NO2.ClH/c1-17(2,3)16(19)15(18)13-9-10-14(20-4)12-8-6-5-7-11(12)13;/h5-10,15-16,19H,18H2,1-4H3;1H/t15-,16-;/m0./s1. The lowest BCUT2D eigenvalue weighted by atomic mass is 9.81. The van der Waals surface area contributed by atoms with Crippen LogP contribution in [0, 0.1) is 5.41 Å². The molecule has 0 heterocycles. The lowest BCUT2D eigenvalue weighted by molar-refractivity contribution is 0.0405. The second kappa shape index (κ2) is 6.65. The van der Waals surface area contributed by atoms with Gasteiger partial charge >= 0.3 is 0 Å². The van der Waals surface area contributed by atoms with E-state index >= 15 is 0 Å². The third-order valence-electron chi connectivity index (χ3n) is 3.72. The molecule has 0 saturated heterocycles. The molecule has 0 bridgehead atoms. The molecule has 0 fully saturated rings. The highest BCUT2D eigenvalue weighted by Crippen LogP contribution is 2.35. The number of aliphatic hydroxyl groups is 1. The smallest absolute Gasteiger partial charge is 0.126 e. The lowest BCUT2D eigenvalue weighted by Gasteiger charge is -2.31. The number of nitrogens with two attached hydrogens (primary N) is 1. The second-order valence-electron chi connectivity index (χ2n) is 6.24. The zero-order chi connectivity index (χ0) is 14.9. The molecular formula is C17H24ClNO2. The summed E-state index contributed by atoms with van der Waals surface area (Å²) < 4.78 is 5.39. The number of hydrogen-bond donors (Lipinski definition) is 2. The van der Waals surface area contributed by atoms with E-state index in [4.69, 9.17) is 10.5 Å². The highest BCUT2D eigenvalue weighted by atomic mass is 35.5. The normalized spacial score (nSPS) is 14.4. The lowest BCUT2D eigenvalue weighted by Crippen LogP contribution is -2.37. The van der Waals surface area contributed by atoms with Crippen molar-refractivity contribution in [1.82, 2.24) is 0 Å². The third kappa shape index (κ3) is 3.49. The molecule has 0 amide bonds. The van der Waals surface area contributed by atoms with Crippen molar-refractivity contribution in [3.05, 3.63) is 42.0 Å². The number of methoxy groups -OCH3 is 1. The van der Waals surface area contributed by atoms with Crippen molar-refractivity contribution in [1.29, 1.82) is 0 Å². The van der Waals surface area contributed by atoms with E-state index in [0.717, 1.165) is 22.1 Å². The third-order valence-corrected chi connectivity index (χ3v) is 3.72. The Bertz CT molecular complexity index is 607. The molecule has 3 N–H and O–H groups in total. The summed E-state index contributed by atoms with van der Waals surface area (Å²) in [5, 5.41) is 12.5. The number of ether oxygens (including phenoxy) is 1. The summed E-state index contributed by atoms with van der Waals surface area (Å²) in [4.78, 5) is 0. The Morgan fingerprint density at radius 1 is 1.05 bits per heavy atom. The van der Waals surface area contributed by atoms with Gasteiger partial charge in [-0.1, -0.05) is 51.1 Å². The number of fused-ring (bicyclic) bond motifs is 1. The first-order chi connectivity index (χ1) is 9.36. The van der Waals surface area contributed by atoms with Crippen LogP contribution in [0.15, 0.2) is 36.4 Å². The first-order valence-corrected chi connectivity index (χ1v) is 6.85. The fraction of sp³-hybridized carbons (Fsp3) is 0.412. The van der Waals surface area contributed by atoms with Crippen LogP contribution in [-0.2, 0) is 0 Å². The van der Waals surface area contributed by atoms with Crippen LogP contribution in [0.1, 0.15) is 32.4 Å². The molecule has 0 aliphatic heterocycles. The predicted molar refractivity (Wildman–Crippen MR) is 90.1 cm³/mol. The number of aliphatic hydroxyl groups excluding tert-OH is 1. The van der Waals surface area contributed by atoms with E-state index < -0.39 is 12.1 Å². The van der Waals surface area contributed by atoms with E-state index in [-0.39, 0.29) is 17.8 Å². The Morgan fingerprint density at radius 3 is 2.14 bits per heavy atom. The molecule has 0 aliphatic carbocycles. The molecule has 2 atom stereocenters. The Hall–Kier alpha value is -1.29. The minimum atomic E-state index is -0.612. The van der Waals surface area contributed by atoms with Gasteiger partial charge in [0, 0.05) is 5.39 Å². The first kappa shape index (κ1) is 17.8. The fourth-order valence-electron chi connectivity index (χ4n) is 2.47. The van der Waals surface area contributed by atoms with Crippen LogP contribution in [0.2, 0.25) is 0 Å². The SMILES string of the molecule is COc1ccc([C@H](N)[C@H](O)C(C)(C)C)c2ccccc12.Cl. The van der Waals surface area contributed by atoms with Crippen molar-refractivity contribution >= 4 is 23.2 Å². The summed E-state index contributed by atoms with van der Waals surface area (Å²) in [5.41, 5.74) is 6.98. The van der Waals surface area contributed by atoms with Gasteiger partial charge in [-0.05, 0) is 22.4 Å². The van der Waals surface area contributed by atoms with Crippen LogP contribution in [0.25, 0.3) is 10.8 Å². The van der Waals surface area contributed by atoms with Gasteiger partial charge in [0.1, 0.15) is 5.75 Å². The summed E-state index contributed by atoms with van der Waals surface area (Å²) in [6.45, 7) is 5.97. The Balaban J connectivity index is 0.00000220. The minimum Gasteiger partial charge on any atom is -0.496 e. The molecule has 0 spiro atoms. The van der Waals surface area contributed by atoms with Crippen LogP contribution >= 0.6 is 12.4 Å². The molecule has 4 heteroatoms. The molecule has 0 radical (unpaired) electrons. The van der Waals surface area contributed by atoms with E-state index in [9.17, 15) is 5.11 Å². The molecule has 0 aromatic heterocycles. The maximum absolute atomic E-state index is 10.4. The highest BCUT2D eigenvalue weighted by Gasteiger charge is 2.30. The van der Waals surface area contributed by atoms with Crippen molar-refractivity contribution in [3.63, 3.8) is 0 Å². The first-order valence-electron chi connectivity index (χ1n) is 6.85. The molecule has 2 aromatic carbocycles.